The zero-order valence-electron chi connectivity index (χ0n) is 15.7. The van der Waals surface area contributed by atoms with Crippen molar-refractivity contribution in [2.75, 3.05) is 27.2 Å². The maximum Gasteiger partial charge on any atom is 0.243 e. The highest BCUT2D eigenvalue weighted by molar-refractivity contribution is 5.85. The first-order chi connectivity index (χ1) is 12.5. The van der Waals surface area contributed by atoms with Crippen LogP contribution in [-0.4, -0.2) is 50.0 Å². The van der Waals surface area contributed by atoms with E-state index < -0.39 is 0 Å². The van der Waals surface area contributed by atoms with Crippen LogP contribution >= 0.6 is 0 Å². The molecule has 2 aliphatic rings. The van der Waals surface area contributed by atoms with E-state index in [0.717, 1.165) is 5.92 Å². The number of guanidine groups is 1. The van der Waals surface area contributed by atoms with Gasteiger partial charge in [-0.2, -0.15) is 0 Å². The maximum absolute atomic E-state index is 13.8. The van der Waals surface area contributed by atoms with Gasteiger partial charge in [-0.15, -0.1) is 0 Å². The van der Waals surface area contributed by atoms with Crippen LogP contribution in [0.1, 0.15) is 31.2 Å². The fourth-order valence-electron chi connectivity index (χ4n) is 4.05. The number of likely N-dealkylation sites (N-methyl/N-ethyl adjacent to an activating group) is 1. The summed E-state index contributed by atoms with van der Waals surface area (Å²) in [5.74, 6) is 1.99. The molecule has 1 aromatic carbocycles. The van der Waals surface area contributed by atoms with E-state index in [0.29, 0.717) is 36.4 Å². The van der Waals surface area contributed by atoms with Gasteiger partial charge < -0.3 is 15.5 Å². The smallest absolute Gasteiger partial charge is 0.243 e. The Morgan fingerprint density at radius 1 is 1.27 bits per heavy atom. The first-order valence-electron chi connectivity index (χ1n) is 9.51. The number of carbonyl (C=O) groups excluding carboxylic acids is 1. The standard InChI is InChI=1S/C20H29FN4O/c1-25(2)19(26)13-23-20(24-18-12-14-7-8-16(18)11-14)22-10-9-15-5-3-4-6-17(15)21/h3-6,14,16,18H,7-13H2,1-2H3,(H2,22,23,24). The molecule has 5 nitrogen and oxygen atoms in total. The number of aliphatic imine (C=N–C) groups is 1. The van der Waals surface area contributed by atoms with Gasteiger partial charge in [0, 0.05) is 26.7 Å². The van der Waals surface area contributed by atoms with Crippen LogP contribution < -0.4 is 10.6 Å². The highest BCUT2D eigenvalue weighted by atomic mass is 19.1. The third-order valence-electron chi connectivity index (χ3n) is 5.58. The second kappa shape index (κ2) is 8.52. The van der Waals surface area contributed by atoms with Crippen LogP contribution in [-0.2, 0) is 11.2 Å². The fraction of sp³-hybridized carbons (Fsp3) is 0.600. The largest absolute Gasteiger partial charge is 0.356 e. The SMILES string of the molecule is CN(C)C(=O)CN=C(NCCc1ccccc1F)NC1CC2CCC1C2. The first-order valence-corrected chi connectivity index (χ1v) is 9.51. The molecule has 0 aromatic heterocycles. The van der Waals surface area contributed by atoms with Gasteiger partial charge in [-0.25, -0.2) is 9.38 Å². The van der Waals surface area contributed by atoms with Crippen LogP contribution in [0.2, 0.25) is 0 Å². The van der Waals surface area contributed by atoms with Crippen LogP contribution in [0.5, 0.6) is 0 Å². The van der Waals surface area contributed by atoms with E-state index in [-0.39, 0.29) is 18.3 Å². The number of rotatable bonds is 6. The zero-order chi connectivity index (χ0) is 18.5. The van der Waals surface area contributed by atoms with Crippen molar-refractivity contribution in [3.8, 4) is 0 Å². The van der Waals surface area contributed by atoms with Gasteiger partial charge in [0.05, 0.1) is 0 Å². The summed E-state index contributed by atoms with van der Waals surface area (Å²) < 4.78 is 13.8. The summed E-state index contributed by atoms with van der Waals surface area (Å²) in [4.78, 5) is 17.9. The van der Waals surface area contributed by atoms with E-state index in [2.05, 4.69) is 15.6 Å². The minimum absolute atomic E-state index is 0.0341. The molecule has 26 heavy (non-hydrogen) atoms. The molecule has 3 unspecified atom stereocenters. The Hall–Kier alpha value is -2.11. The summed E-state index contributed by atoms with van der Waals surface area (Å²) in [6.45, 7) is 0.687. The summed E-state index contributed by atoms with van der Waals surface area (Å²) in [7, 11) is 3.46. The van der Waals surface area contributed by atoms with Gasteiger partial charge in [-0.05, 0) is 49.1 Å². The predicted octanol–water partition coefficient (Wildman–Crippen LogP) is 2.18. The number of hydrogen-bond acceptors (Lipinski definition) is 2. The van der Waals surface area contributed by atoms with E-state index >= 15 is 0 Å². The molecule has 1 aromatic rings. The topological polar surface area (TPSA) is 56.7 Å². The first kappa shape index (κ1) is 18.7. The Bertz CT molecular complexity index is 661. The zero-order valence-corrected chi connectivity index (χ0v) is 15.7. The Labute approximate surface area is 155 Å². The number of fused-ring (bicyclic) bond motifs is 2. The molecule has 6 heteroatoms. The van der Waals surface area contributed by atoms with Crippen molar-refractivity contribution in [3.63, 3.8) is 0 Å². The molecule has 0 heterocycles. The van der Waals surface area contributed by atoms with Crippen LogP contribution in [0, 0.1) is 17.7 Å². The quantitative estimate of drug-likeness (QED) is 0.604. The van der Waals surface area contributed by atoms with Crippen molar-refractivity contribution in [1.29, 1.82) is 0 Å². The summed E-state index contributed by atoms with van der Waals surface area (Å²) in [5.41, 5.74) is 0.684. The van der Waals surface area contributed by atoms with Crippen molar-refractivity contribution in [2.24, 2.45) is 16.8 Å². The second-order valence-electron chi connectivity index (χ2n) is 7.65. The number of benzene rings is 1. The van der Waals surface area contributed by atoms with Gasteiger partial charge in [0.15, 0.2) is 5.96 Å². The Morgan fingerprint density at radius 2 is 2.08 bits per heavy atom. The number of carbonyl (C=O) groups is 1. The third-order valence-corrected chi connectivity index (χ3v) is 5.58. The van der Waals surface area contributed by atoms with Crippen molar-refractivity contribution >= 4 is 11.9 Å². The minimum Gasteiger partial charge on any atom is -0.356 e. The Morgan fingerprint density at radius 3 is 2.73 bits per heavy atom. The fourth-order valence-corrected chi connectivity index (χ4v) is 4.05. The number of nitrogens with one attached hydrogen (secondary N) is 2. The van der Waals surface area contributed by atoms with Gasteiger partial charge in [-0.1, -0.05) is 24.6 Å². The third kappa shape index (κ3) is 4.74. The molecule has 2 bridgehead atoms. The summed E-state index contributed by atoms with van der Waals surface area (Å²) in [5, 5.41) is 6.79. The highest BCUT2D eigenvalue weighted by Gasteiger charge is 2.39. The lowest BCUT2D eigenvalue weighted by atomic mass is 9.95. The lowest BCUT2D eigenvalue weighted by Gasteiger charge is -2.25. The van der Waals surface area contributed by atoms with E-state index in [1.807, 2.05) is 6.07 Å². The monoisotopic (exact) mass is 360 g/mol. The average Bonchev–Trinajstić information content (AvgIpc) is 3.23. The maximum atomic E-state index is 13.8. The van der Waals surface area contributed by atoms with Gasteiger partial charge in [0.25, 0.3) is 0 Å². The second-order valence-corrected chi connectivity index (χ2v) is 7.65. The molecule has 0 spiro atoms. The minimum atomic E-state index is -0.184. The average molecular weight is 360 g/mol. The molecule has 0 saturated heterocycles. The Balaban J connectivity index is 1.57. The van der Waals surface area contributed by atoms with Gasteiger partial charge in [-0.3, -0.25) is 4.79 Å². The van der Waals surface area contributed by atoms with E-state index in [4.69, 9.17) is 0 Å². The molecule has 2 saturated carbocycles. The van der Waals surface area contributed by atoms with E-state index in [1.165, 1.54) is 36.6 Å². The molecule has 2 fully saturated rings. The van der Waals surface area contributed by atoms with Crippen LogP contribution in [0.4, 0.5) is 4.39 Å². The van der Waals surface area contributed by atoms with Gasteiger partial charge in [0.1, 0.15) is 12.4 Å². The molecule has 142 valence electrons. The lowest BCUT2D eigenvalue weighted by molar-refractivity contribution is -0.127. The molecule has 3 rings (SSSR count). The summed E-state index contributed by atoms with van der Waals surface area (Å²) >= 11 is 0. The molecule has 0 aliphatic heterocycles. The van der Waals surface area contributed by atoms with Crippen molar-refractivity contribution in [1.82, 2.24) is 15.5 Å². The van der Waals surface area contributed by atoms with Crippen LogP contribution in [0.3, 0.4) is 0 Å². The van der Waals surface area contributed by atoms with Crippen LogP contribution in [0.15, 0.2) is 29.3 Å². The molecular weight excluding hydrogens is 331 g/mol. The van der Waals surface area contributed by atoms with Crippen molar-refractivity contribution in [2.45, 2.75) is 38.1 Å². The number of halogens is 1. The van der Waals surface area contributed by atoms with E-state index in [1.54, 1.807) is 26.2 Å². The van der Waals surface area contributed by atoms with E-state index in [9.17, 15) is 9.18 Å². The molecular formula is C20H29FN4O. The normalized spacial score (nSPS) is 24.6. The van der Waals surface area contributed by atoms with Gasteiger partial charge in [0.2, 0.25) is 5.91 Å². The lowest BCUT2D eigenvalue weighted by Crippen LogP contribution is -2.46. The molecule has 0 radical (unpaired) electrons. The highest BCUT2D eigenvalue weighted by Crippen LogP contribution is 2.44. The molecule has 3 atom stereocenters. The Kier molecular flexibility index (Phi) is 6.12. The molecule has 2 aliphatic carbocycles. The number of nitrogens with zero attached hydrogens (tertiary/aromatic N) is 2. The predicted molar refractivity (Wildman–Crippen MR) is 101 cm³/mol. The van der Waals surface area contributed by atoms with Gasteiger partial charge >= 0.3 is 0 Å². The number of hydrogen-bond donors (Lipinski definition) is 2. The number of amides is 1. The summed E-state index contributed by atoms with van der Waals surface area (Å²) in [6, 6.07) is 7.25. The van der Waals surface area contributed by atoms with Crippen molar-refractivity contribution < 1.29 is 9.18 Å². The van der Waals surface area contributed by atoms with Crippen LogP contribution in [0.25, 0.3) is 0 Å². The molecule has 2 N–H and O–H groups in total. The molecule has 1 amide bonds. The summed E-state index contributed by atoms with van der Waals surface area (Å²) in [6.07, 6.45) is 5.68. The van der Waals surface area contributed by atoms with Crippen molar-refractivity contribution in [3.05, 3.63) is 35.6 Å².